The lowest BCUT2D eigenvalue weighted by atomic mass is 10.1. The second kappa shape index (κ2) is 7.49. The fourth-order valence-corrected chi connectivity index (χ4v) is 2.32. The van der Waals surface area contributed by atoms with Crippen LogP contribution in [0.2, 0.25) is 5.02 Å². The van der Waals surface area contributed by atoms with Gasteiger partial charge in [0.25, 0.3) is 5.91 Å². The summed E-state index contributed by atoms with van der Waals surface area (Å²) in [4.78, 5) is 12.4. The zero-order chi connectivity index (χ0) is 16.9. The van der Waals surface area contributed by atoms with Crippen LogP contribution in [-0.2, 0) is 17.9 Å². The van der Waals surface area contributed by atoms with Crippen LogP contribution >= 0.6 is 11.6 Å². The van der Waals surface area contributed by atoms with Crippen LogP contribution in [-0.4, -0.2) is 16.6 Å². The van der Waals surface area contributed by atoms with Crippen molar-refractivity contribution in [2.24, 2.45) is 0 Å². The molecular formula is C18H20ClNO3. The first-order valence-electron chi connectivity index (χ1n) is 7.33. The summed E-state index contributed by atoms with van der Waals surface area (Å²) in [6.07, 6.45) is 0. The summed E-state index contributed by atoms with van der Waals surface area (Å²) in [7, 11) is 0. The van der Waals surface area contributed by atoms with Gasteiger partial charge in [-0.3, -0.25) is 4.79 Å². The molecule has 0 spiro atoms. The van der Waals surface area contributed by atoms with Crippen LogP contribution in [0.5, 0.6) is 5.75 Å². The number of aliphatic hydroxyl groups excluding tert-OH is 1. The van der Waals surface area contributed by atoms with E-state index in [9.17, 15) is 9.90 Å². The van der Waals surface area contributed by atoms with E-state index in [2.05, 4.69) is 5.32 Å². The smallest absolute Gasteiger partial charge is 0.263 e. The largest absolute Gasteiger partial charge is 0.478 e. The van der Waals surface area contributed by atoms with Crippen molar-refractivity contribution >= 4 is 17.5 Å². The Morgan fingerprint density at radius 1 is 1.17 bits per heavy atom. The van der Waals surface area contributed by atoms with E-state index >= 15 is 0 Å². The average Bonchev–Trinajstić information content (AvgIpc) is 2.52. The fourth-order valence-electron chi connectivity index (χ4n) is 2.14. The van der Waals surface area contributed by atoms with Crippen LogP contribution < -0.4 is 10.1 Å². The number of rotatable bonds is 6. The van der Waals surface area contributed by atoms with Gasteiger partial charge in [-0.15, -0.1) is 0 Å². The van der Waals surface area contributed by atoms with Crippen LogP contribution in [0.25, 0.3) is 0 Å². The monoisotopic (exact) mass is 333 g/mol. The van der Waals surface area contributed by atoms with Crippen molar-refractivity contribution in [2.45, 2.75) is 32.6 Å². The number of halogens is 1. The lowest BCUT2D eigenvalue weighted by Gasteiger charge is -2.25. The summed E-state index contributed by atoms with van der Waals surface area (Å²) < 4.78 is 5.74. The molecule has 0 aliphatic carbocycles. The van der Waals surface area contributed by atoms with Gasteiger partial charge in [-0.05, 0) is 43.2 Å². The quantitative estimate of drug-likeness (QED) is 0.852. The summed E-state index contributed by atoms with van der Waals surface area (Å²) in [5, 5.41) is 12.7. The Morgan fingerprint density at radius 3 is 2.52 bits per heavy atom. The summed E-state index contributed by atoms with van der Waals surface area (Å²) in [6, 6.07) is 14.3. The highest BCUT2D eigenvalue weighted by Gasteiger charge is 2.29. The highest BCUT2D eigenvalue weighted by molar-refractivity contribution is 6.30. The SMILES string of the molecule is CC(C)(Oc1cccc(Cl)c1)C(=O)NCc1ccccc1CO. The number of amides is 1. The molecule has 2 rings (SSSR count). The van der Waals surface area contributed by atoms with Crippen molar-refractivity contribution in [2.75, 3.05) is 0 Å². The molecular weight excluding hydrogens is 314 g/mol. The van der Waals surface area contributed by atoms with Gasteiger partial charge in [0.1, 0.15) is 5.75 Å². The molecule has 2 N–H and O–H groups in total. The third-order valence-electron chi connectivity index (χ3n) is 3.44. The Bertz CT molecular complexity index is 685. The number of nitrogens with one attached hydrogen (secondary N) is 1. The first-order chi connectivity index (χ1) is 10.9. The molecule has 0 unspecified atom stereocenters. The van der Waals surface area contributed by atoms with E-state index in [-0.39, 0.29) is 12.5 Å². The van der Waals surface area contributed by atoms with E-state index in [1.807, 2.05) is 24.3 Å². The van der Waals surface area contributed by atoms with Crippen molar-refractivity contribution < 1.29 is 14.6 Å². The average molecular weight is 334 g/mol. The molecule has 2 aromatic rings. The second-order valence-electron chi connectivity index (χ2n) is 5.68. The predicted octanol–water partition coefficient (Wildman–Crippen LogP) is 3.31. The van der Waals surface area contributed by atoms with Gasteiger partial charge in [0.05, 0.1) is 6.61 Å². The maximum Gasteiger partial charge on any atom is 0.263 e. The molecule has 0 saturated heterocycles. The third-order valence-corrected chi connectivity index (χ3v) is 3.68. The van der Waals surface area contributed by atoms with Crippen molar-refractivity contribution in [1.82, 2.24) is 5.32 Å². The highest BCUT2D eigenvalue weighted by Crippen LogP contribution is 2.22. The minimum atomic E-state index is -1.04. The van der Waals surface area contributed by atoms with Crippen LogP contribution in [0, 0.1) is 0 Å². The zero-order valence-corrected chi connectivity index (χ0v) is 13.9. The van der Waals surface area contributed by atoms with Crippen LogP contribution in [0.4, 0.5) is 0 Å². The van der Waals surface area contributed by atoms with E-state index in [0.29, 0.717) is 17.3 Å². The Labute approximate surface area is 141 Å². The van der Waals surface area contributed by atoms with Crippen LogP contribution in [0.3, 0.4) is 0 Å². The minimum Gasteiger partial charge on any atom is -0.478 e. The second-order valence-corrected chi connectivity index (χ2v) is 6.12. The Balaban J connectivity index is 2.01. The molecule has 0 heterocycles. The van der Waals surface area contributed by atoms with Gasteiger partial charge in [0.2, 0.25) is 0 Å². The summed E-state index contributed by atoms with van der Waals surface area (Å²) >= 11 is 5.92. The van der Waals surface area contributed by atoms with Crippen molar-refractivity contribution in [3.05, 3.63) is 64.7 Å². The molecule has 4 nitrogen and oxygen atoms in total. The van der Waals surface area contributed by atoms with Gasteiger partial charge in [0.15, 0.2) is 5.60 Å². The van der Waals surface area contributed by atoms with Gasteiger partial charge in [-0.25, -0.2) is 0 Å². The predicted molar refractivity (Wildman–Crippen MR) is 90.4 cm³/mol. The standard InChI is InChI=1S/C18H20ClNO3/c1-18(2,23-16-9-5-8-15(19)10-16)17(22)20-11-13-6-3-4-7-14(13)12-21/h3-10,21H,11-12H2,1-2H3,(H,20,22). The zero-order valence-electron chi connectivity index (χ0n) is 13.2. The molecule has 0 aliphatic rings. The molecule has 0 fully saturated rings. The molecule has 23 heavy (non-hydrogen) atoms. The number of benzene rings is 2. The number of ether oxygens (including phenoxy) is 1. The van der Waals surface area contributed by atoms with Crippen LogP contribution in [0.15, 0.2) is 48.5 Å². The third kappa shape index (κ3) is 4.71. The Kier molecular flexibility index (Phi) is 5.64. The molecule has 122 valence electrons. The van der Waals surface area contributed by atoms with Crippen molar-refractivity contribution in [3.8, 4) is 5.75 Å². The number of hydrogen-bond acceptors (Lipinski definition) is 3. The molecule has 0 radical (unpaired) electrons. The van der Waals surface area contributed by atoms with E-state index in [4.69, 9.17) is 16.3 Å². The molecule has 1 amide bonds. The maximum atomic E-state index is 12.4. The van der Waals surface area contributed by atoms with Gasteiger partial charge in [-0.1, -0.05) is 41.9 Å². The van der Waals surface area contributed by atoms with E-state index < -0.39 is 5.60 Å². The van der Waals surface area contributed by atoms with Gasteiger partial charge in [-0.2, -0.15) is 0 Å². The fraction of sp³-hybridized carbons (Fsp3) is 0.278. The molecule has 0 aromatic heterocycles. The van der Waals surface area contributed by atoms with E-state index in [0.717, 1.165) is 11.1 Å². The molecule has 0 aliphatic heterocycles. The summed E-state index contributed by atoms with van der Waals surface area (Å²) in [6.45, 7) is 3.66. The topological polar surface area (TPSA) is 58.6 Å². The Morgan fingerprint density at radius 2 is 1.87 bits per heavy atom. The van der Waals surface area contributed by atoms with Crippen molar-refractivity contribution in [1.29, 1.82) is 0 Å². The normalized spacial score (nSPS) is 11.1. The molecule has 2 aromatic carbocycles. The molecule has 0 bridgehead atoms. The lowest BCUT2D eigenvalue weighted by molar-refractivity contribution is -0.134. The molecule has 0 atom stereocenters. The number of aliphatic hydroxyl groups is 1. The highest BCUT2D eigenvalue weighted by atomic mass is 35.5. The number of carbonyl (C=O) groups excluding carboxylic acids is 1. The number of carbonyl (C=O) groups is 1. The van der Waals surface area contributed by atoms with Gasteiger partial charge in [0, 0.05) is 11.6 Å². The minimum absolute atomic E-state index is 0.0611. The molecule has 0 saturated carbocycles. The van der Waals surface area contributed by atoms with E-state index in [1.165, 1.54) is 0 Å². The molecule has 5 heteroatoms. The Hall–Kier alpha value is -2.04. The van der Waals surface area contributed by atoms with Gasteiger partial charge < -0.3 is 15.2 Å². The first kappa shape index (κ1) is 17.3. The van der Waals surface area contributed by atoms with E-state index in [1.54, 1.807) is 38.1 Å². The summed E-state index contributed by atoms with van der Waals surface area (Å²) in [5.41, 5.74) is 0.627. The first-order valence-corrected chi connectivity index (χ1v) is 7.70. The van der Waals surface area contributed by atoms with Crippen molar-refractivity contribution in [3.63, 3.8) is 0 Å². The number of hydrogen-bond donors (Lipinski definition) is 2. The van der Waals surface area contributed by atoms with Crippen LogP contribution in [0.1, 0.15) is 25.0 Å². The summed E-state index contributed by atoms with van der Waals surface area (Å²) in [5.74, 6) is 0.290. The maximum absolute atomic E-state index is 12.4. The lowest BCUT2D eigenvalue weighted by Crippen LogP contribution is -2.46. The van der Waals surface area contributed by atoms with Gasteiger partial charge >= 0.3 is 0 Å².